The highest BCUT2D eigenvalue weighted by molar-refractivity contribution is 7.45. The Hall–Kier alpha value is -2.03. The van der Waals surface area contributed by atoms with Gasteiger partial charge in [-0.15, -0.1) is 0 Å². The van der Waals surface area contributed by atoms with Crippen molar-refractivity contribution in [3.05, 3.63) is 48.6 Å². The molecule has 428 valence electrons. The molecular weight excluding hydrogens is 928 g/mol. The van der Waals surface area contributed by atoms with E-state index in [0.29, 0.717) is 17.4 Å². The van der Waals surface area contributed by atoms with Gasteiger partial charge < -0.3 is 28.5 Å². The molecule has 10 heteroatoms. The molecule has 0 aromatic rings. The van der Waals surface area contributed by atoms with E-state index in [2.05, 4.69) is 62.5 Å². The van der Waals surface area contributed by atoms with E-state index in [-0.39, 0.29) is 31.5 Å². The Labute approximate surface area is 452 Å². The van der Waals surface area contributed by atoms with Crippen molar-refractivity contribution in [1.82, 2.24) is 5.32 Å². The van der Waals surface area contributed by atoms with Gasteiger partial charge in [0, 0.05) is 12.8 Å². The smallest absolute Gasteiger partial charge is 0.306 e. The van der Waals surface area contributed by atoms with E-state index in [4.69, 9.17) is 13.8 Å². The van der Waals surface area contributed by atoms with Crippen LogP contribution in [0.1, 0.15) is 290 Å². The Morgan fingerprint density at radius 3 is 1.32 bits per heavy atom. The van der Waals surface area contributed by atoms with Crippen LogP contribution in [0, 0.1) is 0 Å². The van der Waals surface area contributed by atoms with Crippen LogP contribution in [-0.4, -0.2) is 69.4 Å². The van der Waals surface area contributed by atoms with E-state index in [9.17, 15) is 19.0 Å². The summed E-state index contributed by atoms with van der Waals surface area (Å²) in [6.45, 7) is 6.79. The second-order valence-corrected chi connectivity index (χ2v) is 23.6. The summed E-state index contributed by atoms with van der Waals surface area (Å²) >= 11 is 0. The van der Waals surface area contributed by atoms with Crippen molar-refractivity contribution in [2.45, 2.75) is 303 Å². The highest BCUT2D eigenvalue weighted by atomic mass is 31.2. The first-order chi connectivity index (χ1) is 35.4. The second kappa shape index (κ2) is 53.4. The summed E-state index contributed by atoms with van der Waals surface area (Å²) in [5.74, 6) is -0.546. The summed E-state index contributed by atoms with van der Waals surface area (Å²) in [4.78, 5) is 39.9. The third-order valence-corrected chi connectivity index (χ3v) is 14.7. The van der Waals surface area contributed by atoms with Gasteiger partial charge in [0.2, 0.25) is 5.91 Å². The van der Waals surface area contributed by atoms with E-state index in [1.165, 1.54) is 167 Å². The molecule has 3 unspecified atom stereocenters. The summed E-state index contributed by atoms with van der Waals surface area (Å²) in [6.07, 6.45) is 65.1. The van der Waals surface area contributed by atoms with Crippen LogP contribution in [0.5, 0.6) is 0 Å². The third kappa shape index (κ3) is 54.6. The van der Waals surface area contributed by atoms with Crippen LogP contribution in [0.2, 0.25) is 0 Å². The first-order valence-electron chi connectivity index (χ1n) is 30.9. The van der Waals surface area contributed by atoms with Gasteiger partial charge in [0.15, 0.2) is 0 Å². The zero-order chi connectivity index (χ0) is 53.6. The van der Waals surface area contributed by atoms with Crippen LogP contribution in [0.25, 0.3) is 0 Å². The number of ether oxygens (including phenoxy) is 1. The fourth-order valence-corrected chi connectivity index (χ4v) is 9.61. The minimum Gasteiger partial charge on any atom is -0.756 e. The molecule has 0 spiro atoms. The maximum atomic E-state index is 13.5. The average Bonchev–Trinajstić information content (AvgIpc) is 3.35. The number of phosphoric ester groups is 1. The third-order valence-electron chi connectivity index (χ3n) is 13.7. The minimum atomic E-state index is -4.69. The molecule has 0 heterocycles. The van der Waals surface area contributed by atoms with Gasteiger partial charge >= 0.3 is 5.97 Å². The summed E-state index contributed by atoms with van der Waals surface area (Å²) in [5, 5.41) is 3.02. The quantitative estimate of drug-likeness (QED) is 0.0212. The molecule has 0 rings (SSSR count). The second-order valence-electron chi connectivity index (χ2n) is 22.2. The van der Waals surface area contributed by atoms with E-state index in [1.807, 2.05) is 33.3 Å². The Bertz CT molecular complexity index is 1390. The summed E-state index contributed by atoms with van der Waals surface area (Å²) in [6, 6.07) is -0.890. The molecule has 1 amide bonds. The van der Waals surface area contributed by atoms with Gasteiger partial charge in [-0.05, 0) is 83.1 Å². The number of nitrogens with zero attached hydrogens (tertiary/aromatic N) is 1. The van der Waals surface area contributed by atoms with Crippen LogP contribution in [0.4, 0.5) is 0 Å². The van der Waals surface area contributed by atoms with Crippen molar-refractivity contribution >= 4 is 19.7 Å². The van der Waals surface area contributed by atoms with E-state index < -0.39 is 20.0 Å². The average molecular weight is 1050 g/mol. The van der Waals surface area contributed by atoms with Gasteiger partial charge in [-0.2, -0.15) is 0 Å². The van der Waals surface area contributed by atoms with Gasteiger partial charge in [-0.25, -0.2) is 0 Å². The molecule has 73 heavy (non-hydrogen) atoms. The summed E-state index contributed by atoms with van der Waals surface area (Å²) in [5.41, 5.74) is 0. The van der Waals surface area contributed by atoms with E-state index in [0.717, 1.165) is 89.9 Å². The molecule has 9 nitrogen and oxygen atoms in total. The number of hydrogen-bond donors (Lipinski definition) is 1. The number of unbranched alkanes of at least 4 members (excludes halogenated alkanes) is 34. The maximum Gasteiger partial charge on any atom is 0.306 e. The number of hydrogen-bond acceptors (Lipinski definition) is 7. The van der Waals surface area contributed by atoms with Crippen molar-refractivity contribution in [1.29, 1.82) is 0 Å². The van der Waals surface area contributed by atoms with Gasteiger partial charge in [0.05, 0.1) is 33.8 Å². The van der Waals surface area contributed by atoms with Crippen LogP contribution in [0.3, 0.4) is 0 Å². The summed E-state index contributed by atoms with van der Waals surface area (Å²) in [7, 11) is 1.18. The number of carbonyl (C=O) groups excluding carboxylic acids is 2. The molecule has 0 aromatic heterocycles. The standard InChI is InChI=1S/C63H119N2O7P/c1-7-10-13-16-19-22-25-27-28-29-30-31-32-33-34-35-36-38-41-44-47-50-53-56-63(67)72-61(54-51-48-45-42-40-37-26-23-20-17-14-11-8-2)60(59-71-73(68,69)70-58-57-65(4,5)6)64-62(66)55-52-49-46-43-39-24-21-18-15-12-9-3/h18-19,21-22,27-28,51,54,60-61H,7-17,20,23-26,29-50,52-53,55-59H2,1-6H3,(H-,64,66,68,69)/b21-18-,22-19-,28-27-,54-51-. The van der Waals surface area contributed by atoms with E-state index in [1.54, 1.807) is 0 Å². The van der Waals surface area contributed by atoms with Crippen molar-refractivity contribution in [2.24, 2.45) is 0 Å². The molecule has 0 aliphatic heterocycles. The fraction of sp³-hybridized carbons (Fsp3) is 0.841. The first-order valence-corrected chi connectivity index (χ1v) is 32.4. The molecule has 0 aliphatic rings. The molecule has 0 bridgehead atoms. The molecule has 0 saturated carbocycles. The number of amides is 1. The molecule has 0 saturated heterocycles. The monoisotopic (exact) mass is 1050 g/mol. The summed E-state index contributed by atoms with van der Waals surface area (Å²) < 4.78 is 30.3. The predicted octanol–water partition coefficient (Wildman–Crippen LogP) is 18.3. The molecular formula is C63H119N2O7P. The topological polar surface area (TPSA) is 114 Å². The lowest BCUT2D eigenvalue weighted by Crippen LogP contribution is -2.47. The Morgan fingerprint density at radius 2 is 0.849 bits per heavy atom. The predicted molar refractivity (Wildman–Crippen MR) is 312 cm³/mol. The van der Waals surface area contributed by atoms with Crippen LogP contribution < -0.4 is 10.2 Å². The Kier molecular flexibility index (Phi) is 51.9. The molecule has 0 aromatic carbocycles. The molecule has 1 N–H and O–H groups in total. The number of quaternary nitrogens is 1. The van der Waals surface area contributed by atoms with Gasteiger partial charge in [-0.3, -0.25) is 14.2 Å². The number of phosphoric acid groups is 1. The van der Waals surface area contributed by atoms with E-state index >= 15 is 0 Å². The van der Waals surface area contributed by atoms with Gasteiger partial charge in [-0.1, -0.05) is 243 Å². The van der Waals surface area contributed by atoms with Crippen LogP contribution >= 0.6 is 7.82 Å². The first kappa shape index (κ1) is 71.0. The number of esters is 1. The number of rotatable bonds is 56. The van der Waals surface area contributed by atoms with Crippen LogP contribution in [0.15, 0.2) is 48.6 Å². The zero-order valence-electron chi connectivity index (χ0n) is 48.8. The normalized spacial score (nSPS) is 14.0. The molecule has 0 radical (unpaired) electrons. The van der Waals surface area contributed by atoms with Crippen molar-refractivity contribution in [3.63, 3.8) is 0 Å². The Balaban J connectivity index is 5.14. The molecule has 3 atom stereocenters. The Morgan fingerprint density at radius 1 is 0.479 bits per heavy atom. The lowest BCUT2D eigenvalue weighted by Gasteiger charge is -2.30. The largest absolute Gasteiger partial charge is 0.756 e. The highest BCUT2D eigenvalue weighted by Gasteiger charge is 2.27. The lowest BCUT2D eigenvalue weighted by atomic mass is 10.0. The van der Waals surface area contributed by atoms with Gasteiger partial charge in [0.1, 0.15) is 19.3 Å². The zero-order valence-corrected chi connectivity index (χ0v) is 49.7. The number of likely N-dealkylation sites (N-methyl/N-ethyl adjacent to an activating group) is 1. The van der Waals surface area contributed by atoms with Gasteiger partial charge in [0.25, 0.3) is 7.82 Å². The lowest BCUT2D eigenvalue weighted by molar-refractivity contribution is -0.870. The van der Waals surface area contributed by atoms with Crippen molar-refractivity contribution in [2.75, 3.05) is 40.9 Å². The SMILES string of the molecule is CCCC/C=C\CCCCCCCC(=O)NC(COP(=O)([O-])OCC[N+](C)(C)C)C(/C=C\CCCCCCCCCCCCC)OC(=O)CCCCCCCCCCCCCCC/C=C\C/C=C\CCCCC. The fourth-order valence-electron chi connectivity index (χ4n) is 8.89. The highest BCUT2D eigenvalue weighted by Crippen LogP contribution is 2.38. The number of allylic oxidation sites excluding steroid dienone is 7. The molecule has 0 fully saturated rings. The minimum absolute atomic E-state index is 0.0233. The maximum absolute atomic E-state index is 13.5. The van der Waals surface area contributed by atoms with Crippen LogP contribution in [-0.2, 0) is 27.9 Å². The number of nitrogens with one attached hydrogen (secondary N) is 1. The molecule has 0 aliphatic carbocycles. The van der Waals surface area contributed by atoms with Crippen molar-refractivity contribution < 1.29 is 37.3 Å². The number of carbonyl (C=O) groups is 2. The van der Waals surface area contributed by atoms with Crippen molar-refractivity contribution in [3.8, 4) is 0 Å².